The highest BCUT2D eigenvalue weighted by Crippen LogP contribution is 2.63. The molecule has 0 aromatic rings. The summed E-state index contributed by atoms with van der Waals surface area (Å²) in [5, 5.41) is 0. The molecular formula is C19H28O. The van der Waals surface area contributed by atoms with Crippen molar-refractivity contribution in [3.05, 3.63) is 12.2 Å². The lowest BCUT2D eigenvalue weighted by atomic mass is 9.47. The van der Waals surface area contributed by atoms with Crippen molar-refractivity contribution in [1.82, 2.24) is 0 Å². The number of rotatable bonds is 0. The topological polar surface area (TPSA) is 17.1 Å². The summed E-state index contributed by atoms with van der Waals surface area (Å²) in [6.07, 6.45) is 15.2. The molecule has 0 bridgehead atoms. The van der Waals surface area contributed by atoms with E-state index in [4.69, 9.17) is 0 Å². The molecule has 0 aliphatic heterocycles. The van der Waals surface area contributed by atoms with E-state index < -0.39 is 0 Å². The molecule has 0 N–H and O–H groups in total. The SMILES string of the molecule is C[C@]12CCCCC1C=C[C@@H]1[C@@H]2CC[C@]2(C)C(=O)CC[C@@H]12. The number of carbonyl (C=O) groups is 1. The maximum atomic E-state index is 12.3. The number of ketones is 1. The molecule has 0 amide bonds. The molecule has 1 unspecified atom stereocenters. The van der Waals surface area contributed by atoms with Crippen LogP contribution < -0.4 is 0 Å². The fraction of sp³-hybridized carbons (Fsp3) is 0.842. The molecule has 4 aliphatic carbocycles. The lowest BCUT2D eigenvalue weighted by Gasteiger charge is -2.57. The van der Waals surface area contributed by atoms with Crippen LogP contribution in [0.15, 0.2) is 12.2 Å². The molecule has 1 nitrogen and oxygen atoms in total. The second-order valence-corrected chi connectivity index (χ2v) is 8.45. The second kappa shape index (κ2) is 4.21. The fourth-order valence-corrected chi connectivity index (χ4v) is 6.43. The Bertz CT molecular complexity index is 464. The van der Waals surface area contributed by atoms with Crippen molar-refractivity contribution in [2.45, 2.75) is 65.2 Å². The highest BCUT2D eigenvalue weighted by atomic mass is 16.1. The number of hydrogen-bond donors (Lipinski definition) is 0. The van der Waals surface area contributed by atoms with Crippen LogP contribution in [0.3, 0.4) is 0 Å². The molecule has 20 heavy (non-hydrogen) atoms. The maximum absolute atomic E-state index is 12.3. The van der Waals surface area contributed by atoms with Gasteiger partial charge in [0.05, 0.1) is 0 Å². The zero-order valence-electron chi connectivity index (χ0n) is 13.0. The molecule has 1 heteroatoms. The zero-order chi connectivity index (χ0) is 14.0. The third kappa shape index (κ3) is 1.53. The van der Waals surface area contributed by atoms with Gasteiger partial charge < -0.3 is 0 Å². The highest BCUT2D eigenvalue weighted by Gasteiger charge is 2.58. The van der Waals surface area contributed by atoms with Crippen molar-refractivity contribution in [2.24, 2.45) is 34.5 Å². The van der Waals surface area contributed by atoms with E-state index in [0.29, 0.717) is 23.0 Å². The van der Waals surface area contributed by atoms with Crippen molar-refractivity contribution in [2.75, 3.05) is 0 Å². The number of allylic oxidation sites excluding steroid dienone is 2. The van der Waals surface area contributed by atoms with Gasteiger partial charge in [-0.2, -0.15) is 0 Å². The lowest BCUT2D eigenvalue weighted by Crippen LogP contribution is -2.50. The number of hydrogen-bond acceptors (Lipinski definition) is 1. The van der Waals surface area contributed by atoms with Crippen LogP contribution in [0.25, 0.3) is 0 Å². The zero-order valence-corrected chi connectivity index (χ0v) is 13.0. The second-order valence-electron chi connectivity index (χ2n) is 8.45. The Morgan fingerprint density at radius 3 is 2.70 bits per heavy atom. The minimum atomic E-state index is 0.0172. The number of fused-ring (bicyclic) bond motifs is 5. The van der Waals surface area contributed by atoms with Crippen molar-refractivity contribution in [1.29, 1.82) is 0 Å². The van der Waals surface area contributed by atoms with Gasteiger partial charge in [-0.05, 0) is 61.2 Å². The van der Waals surface area contributed by atoms with Crippen LogP contribution in [-0.4, -0.2) is 5.78 Å². The molecule has 6 atom stereocenters. The summed E-state index contributed by atoms with van der Waals surface area (Å²) in [6, 6.07) is 0. The van der Waals surface area contributed by atoms with Gasteiger partial charge in [-0.25, -0.2) is 0 Å². The average Bonchev–Trinajstić information content (AvgIpc) is 2.74. The molecule has 0 saturated heterocycles. The van der Waals surface area contributed by atoms with Crippen LogP contribution in [0, 0.1) is 34.5 Å². The average molecular weight is 272 g/mol. The summed E-state index contributed by atoms with van der Waals surface area (Å²) in [7, 11) is 0. The molecule has 110 valence electrons. The largest absolute Gasteiger partial charge is 0.299 e. The molecule has 0 aromatic heterocycles. The summed E-state index contributed by atoms with van der Waals surface area (Å²) in [4.78, 5) is 12.3. The van der Waals surface area contributed by atoms with E-state index >= 15 is 0 Å². The Morgan fingerprint density at radius 1 is 1.00 bits per heavy atom. The van der Waals surface area contributed by atoms with Crippen LogP contribution in [0.1, 0.15) is 65.2 Å². The Labute approximate surface area is 123 Å². The van der Waals surface area contributed by atoms with Gasteiger partial charge in [-0.15, -0.1) is 0 Å². The van der Waals surface area contributed by atoms with Gasteiger partial charge in [0, 0.05) is 11.8 Å². The van der Waals surface area contributed by atoms with Crippen LogP contribution >= 0.6 is 0 Å². The molecule has 3 saturated carbocycles. The Morgan fingerprint density at radius 2 is 1.85 bits per heavy atom. The number of carbonyl (C=O) groups excluding carboxylic acids is 1. The summed E-state index contributed by atoms with van der Waals surface area (Å²) in [5.41, 5.74) is 0.550. The van der Waals surface area contributed by atoms with Crippen molar-refractivity contribution in [3.8, 4) is 0 Å². The van der Waals surface area contributed by atoms with Crippen LogP contribution in [0.4, 0.5) is 0 Å². The minimum Gasteiger partial charge on any atom is -0.299 e. The first kappa shape index (κ1) is 13.1. The third-order valence-corrected chi connectivity index (χ3v) is 7.78. The smallest absolute Gasteiger partial charge is 0.139 e. The normalized spacial score (nSPS) is 54.2. The van der Waals surface area contributed by atoms with Gasteiger partial charge in [-0.1, -0.05) is 38.8 Å². The summed E-state index contributed by atoms with van der Waals surface area (Å²) in [5.74, 6) is 3.57. The van der Waals surface area contributed by atoms with Gasteiger partial charge in [0.25, 0.3) is 0 Å². The third-order valence-electron chi connectivity index (χ3n) is 7.78. The monoisotopic (exact) mass is 272 g/mol. The molecule has 4 aliphatic rings. The van der Waals surface area contributed by atoms with Crippen LogP contribution in [0.5, 0.6) is 0 Å². The summed E-state index contributed by atoms with van der Waals surface area (Å²) < 4.78 is 0. The van der Waals surface area contributed by atoms with E-state index in [2.05, 4.69) is 26.0 Å². The quantitative estimate of drug-likeness (QED) is 0.581. The Hall–Kier alpha value is -0.590. The van der Waals surface area contributed by atoms with E-state index in [1.165, 1.54) is 32.1 Å². The van der Waals surface area contributed by atoms with Crippen molar-refractivity contribution >= 4 is 5.78 Å². The van der Waals surface area contributed by atoms with Gasteiger partial charge in [0.15, 0.2) is 0 Å². The maximum Gasteiger partial charge on any atom is 0.139 e. The van der Waals surface area contributed by atoms with Crippen LogP contribution in [-0.2, 0) is 4.79 Å². The molecule has 4 rings (SSSR count). The van der Waals surface area contributed by atoms with E-state index in [-0.39, 0.29) is 5.41 Å². The van der Waals surface area contributed by atoms with Gasteiger partial charge in [0.2, 0.25) is 0 Å². The highest BCUT2D eigenvalue weighted by molar-refractivity contribution is 5.87. The predicted molar refractivity (Wildman–Crippen MR) is 81.3 cm³/mol. The van der Waals surface area contributed by atoms with Crippen LogP contribution in [0.2, 0.25) is 0 Å². The first-order valence-electron chi connectivity index (χ1n) is 8.77. The van der Waals surface area contributed by atoms with E-state index in [9.17, 15) is 4.79 Å². The van der Waals surface area contributed by atoms with Crippen molar-refractivity contribution < 1.29 is 4.79 Å². The molecular weight excluding hydrogens is 244 g/mol. The van der Waals surface area contributed by atoms with Gasteiger partial charge in [-0.3, -0.25) is 4.79 Å². The first-order chi connectivity index (χ1) is 9.56. The predicted octanol–water partition coefficient (Wildman–Crippen LogP) is 4.76. The molecule has 0 spiro atoms. The molecule has 3 fully saturated rings. The minimum absolute atomic E-state index is 0.0172. The van der Waals surface area contributed by atoms with Gasteiger partial charge in [0.1, 0.15) is 5.78 Å². The summed E-state index contributed by atoms with van der Waals surface area (Å²) >= 11 is 0. The van der Waals surface area contributed by atoms with E-state index in [1.807, 2.05) is 0 Å². The Balaban J connectivity index is 1.72. The van der Waals surface area contributed by atoms with E-state index in [0.717, 1.165) is 31.1 Å². The van der Waals surface area contributed by atoms with Gasteiger partial charge >= 0.3 is 0 Å². The van der Waals surface area contributed by atoms with Crippen molar-refractivity contribution in [3.63, 3.8) is 0 Å². The lowest BCUT2D eigenvalue weighted by molar-refractivity contribution is -0.132. The summed E-state index contributed by atoms with van der Waals surface area (Å²) in [6.45, 7) is 4.84. The molecule has 0 aromatic carbocycles. The Kier molecular flexibility index (Phi) is 2.76. The fourth-order valence-electron chi connectivity index (χ4n) is 6.43. The molecule has 0 radical (unpaired) electrons. The number of Topliss-reactive ketones (excluding diaryl/α,β-unsaturated/α-hetero) is 1. The molecule has 0 heterocycles. The first-order valence-corrected chi connectivity index (χ1v) is 8.77. The standard InChI is InChI=1S/C19H28O/c1-18-11-4-3-5-13(18)6-7-14-15-8-9-17(20)19(15,2)12-10-16(14)18/h6-7,13-16H,3-5,8-12H2,1-2H3/t13?,14-,15-,16-,18-,19-/m0/s1. The van der Waals surface area contributed by atoms with E-state index in [1.54, 1.807) is 0 Å².